The van der Waals surface area contributed by atoms with Gasteiger partial charge in [-0.25, -0.2) is 0 Å². The Hall–Kier alpha value is -5.26. The second-order valence-corrected chi connectivity index (χ2v) is 16.7. The summed E-state index contributed by atoms with van der Waals surface area (Å²) in [5, 5.41) is 56.4. The summed E-state index contributed by atoms with van der Waals surface area (Å²) in [6.07, 6.45) is 7.51. The number of phenols is 2. The van der Waals surface area contributed by atoms with Crippen molar-refractivity contribution < 1.29 is 52.5 Å². The van der Waals surface area contributed by atoms with Crippen molar-refractivity contribution in [1.29, 1.82) is 0 Å². The van der Waals surface area contributed by atoms with Crippen LogP contribution in [0.25, 0.3) is 0 Å². The van der Waals surface area contributed by atoms with Crippen molar-refractivity contribution >= 4 is 23.8 Å². The first kappa shape index (κ1) is 39.0. The summed E-state index contributed by atoms with van der Waals surface area (Å²) in [5.74, 6) is 1.49. The van der Waals surface area contributed by atoms with Gasteiger partial charge < -0.3 is 9.84 Å². The van der Waals surface area contributed by atoms with Gasteiger partial charge in [-0.05, 0) is 24.3 Å². The molecule has 0 amide bonds. The number of fused-ring (bicyclic) bond motifs is 1. The summed E-state index contributed by atoms with van der Waals surface area (Å²) in [4.78, 5) is 22.5. The second kappa shape index (κ2) is 15.8. The van der Waals surface area contributed by atoms with Crippen molar-refractivity contribution in [1.82, 2.24) is 0 Å². The summed E-state index contributed by atoms with van der Waals surface area (Å²) in [7, 11) is 0. The van der Waals surface area contributed by atoms with Crippen LogP contribution in [0.1, 0.15) is 89.5 Å². The number of nitrogens with zero attached hydrogens (tertiary/aromatic N) is 4. The fourth-order valence-electron chi connectivity index (χ4n) is 6.35. The van der Waals surface area contributed by atoms with Crippen molar-refractivity contribution in [3.63, 3.8) is 0 Å². The fourth-order valence-corrected chi connectivity index (χ4v) is 8.19. The average Bonchev–Trinajstić information content (AvgIpc) is 3.43. The maximum Gasteiger partial charge on any atom is 0.127 e. The number of nitro groups is 2. The van der Waals surface area contributed by atoms with Crippen molar-refractivity contribution in [2.75, 3.05) is 0 Å². The molecule has 12 nitrogen and oxygen atoms in total. The van der Waals surface area contributed by atoms with E-state index < -0.39 is 20.7 Å². The van der Waals surface area contributed by atoms with Gasteiger partial charge in [0.15, 0.2) is 0 Å². The van der Waals surface area contributed by atoms with Gasteiger partial charge in [0.25, 0.3) is 0 Å². The largest absolute Gasteiger partial charge is 0.872 e. The number of benzene rings is 4. The van der Waals surface area contributed by atoms with Gasteiger partial charge in [0.2, 0.25) is 0 Å². The van der Waals surface area contributed by atoms with E-state index in [2.05, 4.69) is 7.18 Å². The van der Waals surface area contributed by atoms with Crippen LogP contribution in [0.2, 0.25) is 0 Å². The Balaban J connectivity index is 0.000000322. The Morgan fingerprint density at radius 3 is 1.51 bits per heavy atom. The van der Waals surface area contributed by atoms with E-state index in [0.29, 0.717) is 28.0 Å². The van der Waals surface area contributed by atoms with Crippen LogP contribution in [0, 0.1) is 20.2 Å². The van der Waals surface area contributed by atoms with E-state index >= 15 is 0 Å². The number of para-hydroxylation sites is 1. The molecule has 2 N–H and O–H groups in total. The van der Waals surface area contributed by atoms with E-state index in [9.17, 15) is 35.5 Å². The quantitative estimate of drug-likeness (QED) is 0.114. The molecule has 2 unspecified atom stereocenters. The number of nitro benzene ring substituents is 2. The first-order chi connectivity index (χ1) is 24.9. The first-order valence-electron chi connectivity index (χ1n) is 17.4. The molecule has 279 valence electrons. The van der Waals surface area contributed by atoms with Gasteiger partial charge in [0, 0.05) is 0 Å². The molecule has 13 heteroatoms. The molecule has 2 fully saturated rings. The molecule has 0 radical (unpaired) electrons. The zero-order chi connectivity index (χ0) is 38.7. The Labute approximate surface area is 315 Å². The maximum atomic E-state index is 11.7. The summed E-state index contributed by atoms with van der Waals surface area (Å²) in [5.41, 5.74) is 0.645. The SMILES string of the molecule is CC(C)(C)c1cc([N+](=O)[O-])cc(C=[N+]2[Mn][N+](=Cc3cc([N+](=O)[O-])cc(C(C)(C)C)c3O)C3CCCCC32)c1O.[O-]c1ccc(Oc2ccccc2)cc1. The number of hydrogen-bond acceptors (Lipinski definition) is 8. The molecule has 1 aliphatic heterocycles. The Kier molecular flexibility index (Phi) is 11.6. The van der Waals surface area contributed by atoms with Gasteiger partial charge in [-0.1, -0.05) is 30.3 Å². The van der Waals surface area contributed by atoms with Crippen LogP contribution < -0.4 is 9.84 Å². The van der Waals surface area contributed by atoms with Crippen LogP contribution in [-0.2, 0) is 26.2 Å². The molecule has 2 aliphatic rings. The number of non-ortho nitro benzene ring substituents is 2. The first-order valence-corrected chi connectivity index (χ1v) is 18.4. The summed E-state index contributed by atoms with van der Waals surface area (Å²) in [6, 6.07) is 21.6. The monoisotopic (exact) mass is 764 g/mol. The minimum Gasteiger partial charge on any atom is -0.872 e. The Bertz CT molecular complexity index is 1950. The van der Waals surface area contributed by atoms with Gasteiger partial charge in [0.1, 0.15) is 11.5 Å². The fraction of sp³-hybridized carbons (Fsp3) is 0.350. The number of phenolic OH excluding ortho intramolecular Hbond substituents is 2. The summed E-state index contributed by atoms with van der Waals surface area (Å²) >= 11 is 0.0520. The molecule has 1 aliphatic carbocycles. The molecule has 1 heterocycles. The van der Waals surface area contributed by atoms with Crippen molar-refractivity contribution in [3.8, 4) is 28.7 Å². The normalized spacial score (nSPS) is 18.6. The van der Waals surface area contributed by atoms with Crippen molar-refractivity contribution in [2.24, 2.45) is 0 Å². The minimum atomic E-state index is -0.496. The maximum absolute atomic E-state index is 11.7. The predicted octanol–water partition coefficient (Wildman–Crippen LogP) is 7.86. The molecule has 6 rings (SSSR count). The van der Waals surface area contributed by atoms with Gasteiger partial charge in [-0.2, -0.15) is 0 Å². The van der Waals surface area contributed by atoms with Crippen LogP contribution in [0.4, 0.5) is 11.4 Å². The van der Waals surface area contributed by atoms with E-state index in [0.717, 1.165) is 31.4 Å². The number of aromatic hydroxyl groups is 2. The average molecular weight is 765 g/mol. The third-order valence-electron chi connectivity index (χ3n) is 9.12. The molecule has 0 spiro atoms. The van der Waals surface area contributed by atoms with E-state index in [-0.39, 0.29) is 56.1 Å². The molecule has 0 bridgehead atoms. The molecule has 1 saturated heterocycles. The van der Waals surface area contributed by atoms with Crippen LogP contribution in [0.3, 0.4) is 0 Å². The standard InChI is InChI=1S/C28H36N4O6.C12H10O2.Mn/c1-27(2,3)21-13-19(31(35)36)11-17(25(21)33)15-29-23-9-7-8-10-24(23)30-16-18-12-20(32(37)38)14-22(26(18)34)28(4,5)6;13-10-6-8-12(9-7-10)14-11-4-2-1-3-5-11;/h11-16,23-24,33-34H,7-10H2,1-6H3;1-9,13H;/q;;+2/p-1. The van der Waals surface area contributed by atoms with Crippen LogP contribution >= 0.6 is 0 Å². The zero-order valence-electron chi connectivity index (χ0n) is 30.7. The number of ether oxygens (including phenoxy) is 1. The summed E-state index contributed by atoms with van der Waals surface area (Å²) < 4.78 is 9.73. The predicted molar refractivity (Wildman–Crippen MR) is 196 cm³/mol. The third-order valence-corrected chi connectivity index (χ3v) is 10.7. The van der Waals surface area contributed by atoms with Gasteiger partial charge >= 0.3 is 235 Å². The van der Waals surface area contributed by atoms with Gasteiger partial charge in [-0.15, -0.1) is 5.75 Å². The molecule has 4 aromatic carbocycles. The molecule has 1 saturated carbocycles. The van der Waals surface area contributed by atoms with Crippen LogP contribution in [-0.4, -0.2) is 51.8 Å². The van der Waals surface area contributed by atoms with E-state index in [1.54, 1.807) is 12.1 Å². The second-order valence-electron chi connectivity index (χ2n) is 15.2. The van der Waals surface area contributed by atoms with E-state index in [1.807, 2.05) is 84.3 Å². The van der Waals surface area contributed by atoms with Gasteiger partial charge in [0.05, 0.1) is 0 Å². The van der Waals surface area contributed by atoms with Crippen molar-refractivity contribution in [3.05, 3.63) is 121 Å². The molecule has 4 aromatic rings. The Morgan fingerprint density at radius 1 is 0.698 bits per heavy atom. The topological polar surface area (TPSA) is 165 Å². The Morgan fingerprint density at radius 2 is 1.11 bits per heavy atom. The minimum absolute atomic E-state index is 0.00888. The van der Waals surface area contributed by atoms with Gasteiger partial charge in [-0.3, -0.25) is 0 Å². The molecule has 0 aromatic heterocycles. The van der Waals surface area contributed by atoms with Crippen molar-refractivity contribution in [2.45, 2.75) is 90.1 Å². The molecular formula is C40H45MnN4O8+. The summed E-state index contributed by atoms with van der Waals surface area (Å²) in [6.45, 7) is 11.4. The number of rotatable bonds is 6. The van der Waals surface area contributed by atoms with E-state index in [4.69, 9.17) is 4.74 Å². The smallest absolute Gasteiger partial charge is 0.127 e. The molecule has 2 atom stereocenters. The molecule has 53 heavy (non-hydrogen) atoms. The van der Waals surface area contributed by atoms with E-state index in [1.165, 1.54) is 36.4 Å². The zero-order valence-corrected chi connectivity index (χ0v) is 31.8. The van der Waals surface area contributed by atoms with Crippen LogP contribution in [0.5, 0.6) is 28.7 Å². The van der Waals surface area contributed by atoms with Crippen LogP contribution in [0.15, 0.2) is 78.9 Å². The number of hydrogen-bond donors (Lipinski definition) is 2. The molecular weight excluding hydrogens is 719 g/mol. The third kappa shape index (κ3) is 9.40.